The molecule has 2 aromatic rings. The van der Waals surface area contributed by atoms with E-state index < -0.39 is 15.8 Å². The van der Waals surface area contributed by atoms with Gasteiger partial charge in [0, 0.05) is 18.8 Å². The normalized spacial score (nSPS) is 14.7. The molecule has 3 rings (SSSR count). The van der Waals surface area contributed by atoms with Gasteiger partial charge in [0.2, 0.25) is 10.0 Å². The summed E-state index contributed by atoms with van der Waals surface area (Å²) in [7, 11) is -3.75. The molecule has 23 heavy (non-hydrogen) atoms. The molecule has 0 radical (unpaired) electrons. The number of aryl methyl sites for hydroxylation is 1. The number of halogens is 2. The highest BCUT2D eigenvalue weighted by atomic mass is 35.5. The van der Waals surface area contributed by atoms with Gasteiger partial charge in [0.05, 0.1) is 9.92 Å². The van der Waals surface area contributed by atoms with Crippen molar-refractivity contribution in [1.29, 1.82) is 0 Å². The van der Waals surface area contributed by atoms with Gasteiger partial charge in [0.1, 0.15) is 5.82 Å². The Morgan fingerprint density at radius 2 is 2.00 bits per heavy atom. The van der Waals surface area contributed by atoms with E-state index >= 15 is 0 Å². The summed E-state index contributed by atoms with van der Waals surface area (Å²) in [6, 6.07) is 9.61. The lowest BCUT2D eigenvalue weighted by Crippen LogP contribution is -2.29. The number of nitrogens with two attached hydrogens (primary N) is 1. The maximum Gasteiger partial charge on any atom is 0.238 e. The monoisotopic (exact) mass is 354 g/mol. The van der Waals surface area contributed by atoms with E-state index in [1.54, 1.807) is 18.2 Å². The Hall–Kier alpha value is -1.63. The van der Waals surface area contributed by atoms with Gasteiger partial charge in [0.25, 0.3) is 0 Å². The quantitative estimate of drug-likeness (QED) is 0.921. The summed E-state index contributed by atoms with van der Waals surface area (Å²) in [6.07, 6.45) is 1.84. The van der Waals surface area contributed by atoms with Crippen LogP contribution < -0.4 is 10.0 Å². The summed E-state index contributed by atoms with van der Waals surface area (Å²) in [4.78, 5) is 2.13. The van der Waals surface area contributed by atoms with Gasteiger partial charge < -0.3 is 4.90 Å². The molecule has 1 aliphatic rings. The molecule has 0 bridgehead atoms. The smallest absolute Gasteiger partial charge is 0.238 e. The first-order chi connectivity index (χ1) is 10.8. The Morgan fingerprint density at radius 1 is 1.22 bits per heavy atom. The SMILES string of the molecule is NS(=O)(=O)c1ccc2c(c1)N(Cc1ccc(Cl)c(F)c1)CCC2. The van der Waals surface area contributed by atoms with Gasteiger partial charge in [0.15, 0.2) is 0 Å². The lowest BCUT2D eigenvalue weighted by Gasteiger charge is -2.31. The Kier molecular flexibility index (Phi) is 4.31. The first kappa shape index (κ1) is 16.2. The van der Waals surface area contributed by atoms with Gasteiger partial charge in [-0.3, -0.25) is 0 Å². The minimum absolute atomic E-state index is 0.0873. The van der Waals surface area contributed by atoms with Gasteiger partial charge in [-0.2, -0.15) is 0 Å². The fourth-order valence-electron chi connectivity index (χ4n) is 2.83. The molecule has 4 nitrogen and oxygen atoms in total. The second kappa shape index (κ2) is 6.11. The average Bonchev–Trinajstić information content (AvgIpc) is 2.50. The van der Waals surface area contributed by atoms with Gasteiger partial charge in [-0.25, -0.2) is 17.9 Å². The van der Waals surface area contributed by atoms with Crippen molar-refractivity contribution >= 4 is 27.3 Å². The number of primary sulfonamides is 1. The van der Waals surface area contributed by atoms with Crippen LogP contribution in [-0.2, 0) is 23.0 Å². The zero-order valence-corrected chi connectivity index (χ0v) is 13.9. The zero-order valence-electron chi connectivity index (χ0n) is 12.3. The number of fused-ring (bicyclic) bond motifs is 1. The van der Waals surface area contributed by atoms with Gasteiger partial charge in [-0.05, 0) is 48.2 Å². The van der Waals surface area contributed by atoms with Crippen molar-refractivity contribution in [2.75, 3.05) is 11.4 Å². The minimum Gasteiger partial charge on any atom is -0.367 e. The molecular formula is C16H16ClFN2O2S. The molecule has 0 amide bonds. The van der Waals surface area contributed by atoms with Crippen LogP contribution in [0.25, 0.3) is 0 Å². The van der Waals surface area contributed by atoms with Gasteiger partial charge in [-0.1, -0.05) is 23.7 Å². The number of hydrogen-bond donors (Lipinski definition) is 1. The molecule has 0 aromatic heterocycles. The first-order valence-corrected chi connectivity index (χ1v) is 9.11. The number of benzene rings is 2. The Balaban J connectivity index is 1.95. The van der Waals surface area contributed by atoms with Crippen LogP contribution in [0.3, 0.4) is 0 Å². The fourth-order valence-corrected chi connectivity index (χ4v) is 3.48. The molecule has 0 unspecified atom stereocenters. The van der Waals surface area contributed by atoms with Crippen molar-refractivity contribution in [1.82, 2.24) is 0 Å². The Bertz CT molecular complexity index is 855. The third kappa shape index (κ3) is 3.49. The highest BCUT2D eigenvalue weighted by Crippen LogP contribution is 2.31. The van der Waals surface area contributed by atoms with E-state index in [0.717, 1.165) is 36.2 Å². The number of anilines is 1. The van der Waals surface area contributed by atoms with Crippen molar-refractivity contribution in [2.45, 2.75) is 24.3 Å². The molecule has 1 heterocycles. The molecule has 0 saturated carbocycles. The lowest BCUT2D eigenvalue weighted by molar-refractivity contribution is 0.597. The van der Waals surface area contributed by atoms with Gasteiger partial charge >= 0.3 is 0 Å². The van der Waals surface area contributed by atoms with Crippen LogP contribution >= 0.6 is 11.6 Å². The molecule has 7 heteroatoms. The maximum atomic E-state index is 13.6. The molecule has 1 aliphatic heterocycles. The van der Waals surface area contributed by atoms with Crippen LogP contribution in [0.15, 0.2) is 41.3 Å². The van der Waals surface area contributed by atoms with E-state index in [9.17, 15) is 12.8 Å². The zero-order chi connectivity index (χ0) is 16.6. The average molecular weight is 355 g/mol. The molecule has 2 N–H and O–H groups in total. The number of hydrogen-bond acceptors (Lipinski definition) is 3. The largest absolute Gasteiger partial charge is 0.367 e. The second-order valence-electron chi connectivity index (χ2n) is 5.61. The molecule has 0 atom stereocenters. The molecule has 0 spiro atoms. The maximum absolute atomic E-state index is 13.6. The van der Waals surface area contributed by atoms with Crippen LogP contribution in [-0.4, -0.2) is 15.0 Å². The van der Waals surface area contributed by atoms with E-state index in [-0.39, 0.29) is 9.92 Å². The van der Waals surface area contributed by atoms with Gasteiger partial charge in [-0.15, -0.1) is 0 Å². The fraction of sp³-hybridized carbons (Fsp3) is 0.250. The highest BCUT2D eigenvalue weighted by Gasteiger charge is 2.20. The minimum atomic E-state index is -3.75. The summed E-state index contributed by atoms with van der Waals surface area (Å²) in [6.45, 7) is 1.25. The lowest BCUT2D eigenvalue weighted by atomic mass is 10.0. The third-order valence-electron chi connectivity index (χ3n) is 3.96. The molecule has 122 valence electrons. The summed E-state index contributed by atoms with van der Waals surface area (Å²) in [5.41, 5.74) is 2.68. The van der Waals surface area contributed by atoms with Crippen LogP contribution in [0.2, 0.25) is 5.02 Å². The standard InChI is InChI=1S/C16H16ClFN2O2S/c17-14-6-3-11(8-15(14)18)10-20-7-1-2-12-4-5-13(9-16(12)20)23(19,21)22/h3-6,8-9H,1-2,7,10H2,(H2,19,21,22). The first-order valence-electron chi connectivity index (χ1n) is 7.19. The second-order valence-corrected chi connectivity index (χ2v) is 7.58. The Labute approximate surface area is 139 Å². The predicted octanol–water partition coefficient (Wildman–Crippen LogP) is 3.08. The summed E-state index contributed by atoms with van der Waals surface area (Å²) < 4.78 is 36.7. The van der Waals surface area contributed by atoms with E-state index in [1.165, 1.54) is 18.2 Å². The van der Waals surface area contributed by atoms with Crippen molar-refractivity contribution in [3.8, 4) is 0 Å². The van der Waals surface area contributed by atoms with Crippen molar-refractivity contribution < 1.29 is 12.8 Å². The number of rotatable bonds is 3. The van der Waals surface area contributed by atoms with Crippen molar-refractivity contribution in [3.63, 3.8) is 0 Å². The van der Waals surface area contributed by atoms with E-state index in [0.29, 0.717) is 6.54 Å². The summed E-state index contributed by atoms with van der Waals surface area (Å²) >= 11 is 5.71. The number of sulfonamides is 1. The highest BCUT2D eigenvalue weighted by molar-refractivity contribution is 7.89. The topological polar surface area (TPSA) is 63.4 Å². The van der Waals surface area contributed by atoms with Crippen molar-refractivity contribution in [2.24, 2.45) is 5.14 Å². The van der Waals surface area contributed by atoms with E-state index in [2.05, 4.69) is 0 Å². The van der Waals surface area contributed by atoms with Crippen molar-refractivity contribution in [3.05, 3.63) is 58.4 Å². The Morgan fingerprint density at radius 3 is 2.70 bits per heavy atom. The molecule has 2 aromatic carbocycles. The van der Waals surface area contributed by atoms with Crippen LogP contribution in [0, 0.1) is 5.82 Å². The van der Waals surface area contributed by atoms with Crippen LogP contribution in [0.4, 0.5) is 10.1 Å². The molecule has 0 fully saturated rings. The van der Waals surface area contributed by atoms with Crippen LogP contribution in [0.1, 0.15) is 17.5 Å². The molecule has 0 aliphatic carbocycles. The number of nitrogens with zero attached hydrogens (tertiary/aromatic N) is 1. The summed E-state index contributed by atoms with van der Waals surface area (Å²) in [5.74, 6) is -0.459. The predicted molar refractivity (Wildman–Crippen MR) is 88.6 cm³/mol. The summed E-state index contributed by atoms with van der Waals surface area (Å²) in [5, 5.41) is 5.30. The van der Waals surface area contributed by atoms with E-state index in [1.807, 2.05) is 4.90 Å². The molecule has 0 saturated heterocycles. The molecular weight excluding hydrogens is 339 g/mol. The van der Waals surface area contributed by atoms with E-state index in [4.69, 9.17) is 16.7 Å². The third-order valence-corrected chi connectivity index (χ3v) is 5.18. The van der Waals surface area contributed by atoms with Crippen LogP contribution in [0.5, 0.6) is 0 Å².